The molecule has 0 amide bonds. The van der Waals surface area contributed by atoms with E-state index in [1.54, 1.807) is 18.4 Å². The lowest BCUT2D eigenvalue weighted by atomic mass is 10.2. The summed E-state index contributed by atoms with van der Waals surface area (Å²) in [6.07, 6.45) is 1.87. The first kappa shape index (κ1) is 19.7. The summed E-state index contributed by atoms with van der Waals surface area (Å²) in [5.41, 5.74) is 1.02. The quantitative estimate of drug-likeness (QED) is 0.362. The monoisotopic (exact) mass is 514 g/mol. The number of aliphatic imine (C=N–C) groups is 1. The van der Waals surface area contributed by atoms with Crippen molar-refractivity contribution in [3.05, 3.63) is 49.3 Å². The van der Waals surface area contributed by atoms with E-state index in [9.17, 15) is 0 Å². The molecule has 22 heavy (non-hydrogen) atoms. The van der Waals surface area contributed by atoms with Crippen LogP contribution in [0.4, 0.5) is 0 Å². The maximum Gasteiger partial charge on any atom is 0.191 e. The summed E-state index contributed by atoms with van der Waals surface area (Å²) in [5.74, 6) is 0.724. The molecule has 0 saturated carbocycles. The van der Waals surface area contributed by atoms with Crippen molar-refractivity contribution in [1.82, 2.24) is 15.6 Å². The lowest BCUT2D eigenvalue weighted by Crippen LogP contribution is -2.36. The number of halogens is 3. The van der Waals surface area contributed by atoms with Crippen LogP contribution in [0.3, 0.4) is 0 Å². The van der Waals surface area contributed by atoms with Gasteiger partial charge < -0.3 is 10.6 Å². The zero-order valence-electron chi connectivity index (χ0n) is 12.2. The lowest BCUT2D eigenvalue weighted by Gasteiger charge is -2.12. The summed E-state index contributed by atoms with van der Waals surface area (Å²) in [4.78, 5) is 9.71. The maximum absolute atomic E-state index is 6.19. The third kappa shape index (κ3) is 6.02. The highest BCUT2D eigenvalue weighted by atomic mass is 127. The van der Waals surface area contributed by atoms with E-state index in [1.807, 2.05) is 31.3 Å². The van der Waals surface area contributed by atoms with Crippen molar-refractivity contribution in [3.63, 3.8) is 0 Å². The second-order valence-corrected chi connectivity index (χ2v) is 7.02. The molecule has 1 heterocycles. The highest BCUT2D eigenvalue weighted by molar-refractivity contribution is 14.0. The van der Waals surface area contributed by atoms with Crippen LogP contribution in [0.1, 0.15) is 15.4 Å². The van der Waals surface area contributed by atoms with Gasteiger partial charge in [0.15, 0.2) is 5.96 Å². The third-order valence-electron chi connectivity index (χ3n) is 2.76. The Hall–Kier alpha value is -0.380. The molecule has 2 rings (SSSR count). The van der Waals surface area contributed by atoms with Gasteiger partial charge in [0.1, 0.15) is 5.01 Å². The van der Waals surface area contributed by atoms with Crippen molar-refractivity contribution >= 4 is 68.8 Å². The Kier molecular flexibility index (Phi) is 8.66. The van der Waals surface area contributed by atoms with Crippen molar-refractivity contribution in [2.24, 2.45) is 4.99 Å². The summed E-state index contributed by atoms with van der Waals surface area (Å²) in [5, 5.41) is 8.24. The lowest BCUT2D eigenvalue weighted by molar-refractivity contribution is 0.805. The molecule has 1 aromatic heterocycles. The van der Waals surface area contributed by atoms with Crippen LogP contribution >= 0.6 is 62.8 Å². The van der Waals surface area contributed by atoms with Gasteiger partial charge in [-0.2, -0.15) is 0 Å². The van der Waals surface area contributed by atoms with Gasteiger partial charge in [-0.1, -0.05) is 33.6 Å². The van der Waals surface area contributed by atoms with Crippen LogP contribution in [0, 0.1) is 6.92 Å². The number of thiazole rings is 1. The SMILES string of the molecule is CN=C(NCc1ncc(C)s1)NCc1ccc(Br)cc1Cl.I. The minimum Gasteiger partial charge on any atom is -0.352 e. The zero-order chi connectivity index (χ0) is 15.2. The molecule has 0 aliphatic rings. The minimum absolute atomic E-state index is 0. The molecule has 0 bridgehead atoms. The third-order valence-corrected chi connectivity index (χ3v) is 4.52. The Morgan fingerprint density at radius 2 is 2.09 bits per heavy atom. The van der Waals surface area contributed by atoms with Crippen LogP contribution < -0.4 is 10.6 Å². The van der Waals surface area contributed by atoms with Crippen molar-refractivity contribution in [2.45, 2.75) is 20.0 Å². The van der Waals surface area contributed by atoms with Crippen molar-refractivity contribution in [3.8, 4) is 0 Å². The van der Waals surface area contributed by atoms with E-state index in [0.717, 1.165) is 26.0 Å². The van der Waals surface area contributed by atoms with Gasteiger partial charge >= 0.3 is 0 Å². The van der Waals surface area contributed by atoms with Gasteiger partial charge in [0.2, 0.25) is 0 Å². The Morgan fingerprint density at radius 3 is 2.68 bits per heavy atom. The highest BCUT2D eigenvalue weighted by Crippen LogP contribution is 2.21. The van der Waals surface area contributed by atoms with Gasteiger partial charge in [0.25, 0.3) is 0 Å². The first-order valence-corrected chi connectivity index (χ1v) is 8.37. The first-order chi connectivity index (χ1) is 10.1. The number of hydrogen-bond acceptors (Lipinski definition) is 3. The predicted octanol–water partition coefficient (Wildman–Crippen LogP) is 4.35. The van der Waals surface area contributed by atoms with Crippen LogP contribution in [-0.2, 0) is 13.1 Å². The summed E-state index contributed by atoms with van der Waals surface area (Å²) >= 11 is 11.3. The Morgan fingerprint density at radius 1 is 1.36 bits per heavy atom. The minimum atomic E-state index is 0. The molecule has 0 fully saturated rings. The van der Waals surface area contributed by atoms with Gasteiger partial charge in [0, 0.05) is 34.2 Å². The number of hydrogen-bond donors (Lipinski definition) is 2. The fourth-order valence-electron chi connectivity index (χ4n) is 1.71. The van der Waals surface area contributed by atoms with E-state index in [1.165, 1.54) is 4.88 Å². The van der Waals surface area contributed by atoms with Crippen LogP contribution in [0.25, 0.3) is 0 Å². The van der Waals surface area contributed by atoms with Crippen molar-refractivity contribution in [2.75, 3.05) is 7.05 Å². The van der Waals surface area contributed by atoms with E-state index >= 15 is 0 Å². The average molecular weight is 516 g/mol. The fourth-order valence-corrected chi connectivity index (χ4v) is 3.17. The molecule has 0 aliphatic heterocycles. The second-order valence-electron chi connectivity index (χ2n) is 4.38. The van der Waals surface area contributed by atoms with E-state index < -0.39 is 0 Å². The molecule has 4 nitrogen and oxygen atoms in total. The molecule has 120 valence electrons. The molecule has 0 radical (unpaired) electrons. The van der Waals surface area contributed by atoms with Gasteiger partial charge in [-0.15, -0.1) is 35.3 Å². The normalized spacial score (nSPS) is 11.0. The van der Waals surface area contributed by atoms with E-state index in [2.05, 4.69) is 36.5 Å². The van der Waals surface area contributed by atoms with Gasteiger partial charge in [0.05, 0.1) is 6.54 Å². The van der Waals surface area contributed by atoms with Crippen molar-refractivity contribution < 1.29 is 0 Å². The molecule has 1 aromatic carbocycles. The molecule has 8 heteroatoms. The summed E-state index contributed by atoms with van der Waals surface area (Å²) in [6, 6.07) is 5.83. The van der Waals surface area contributed by atoms with Gasteiger partial charge in [-0.25, -0.2) is 4.98 Å². The molecule has 0 atom stereocenters. The smallest absolute Gasteiger partial charge is 0.191 e. The second kappa shape index (κ2) is 9.69. The average Bonchev–Trinajstić information content (AvgIpc) is 2.86. The number of nitrogens with zero attached hydrogens (tertiary/aromatic N) is 2. The Balaban J connectivity index is 0.00000242. The van der Waals surface area contributed by atoms with Gasteiger partial charge in [-0.3, -0.25) is 4.99 Å². The van der Waals surface area contributed by atoms with E-state index in [4.69, 9.17) is 11.6 Å². The summed E-state index contributed by atoms with van der Waals surface area (Å²) < 4.78 is 0.970. The first-order valence-electron chi connectivity index (χ1n) is 6.38. The molecule has 0 aliphatic carbocycles. The number of guanidine groups is 1. The standard InChI is InChI=1S/C14H16BrClN4S.HI/c1-9-6-18-13(21-9)8-20-14(17-2)19-7-10-3-4-11(15)5-12(10)16;/h3-6H,7-8H2,1-2H3,(H2,17,19,20);1H. The molecule has 2 aromatic rings. The number of aromatic nitrogens is 1. The van der Waals surface area contributed by atoms with Crippen LogP contribution in [0.2, 0.25) is 5.02 Å². The molecule has 0 spiro atoms. The number of benzene rings is 1. The Bertz CT molecular complexity index is 648. The predicted molar refractivity (Wildman–Crippen MR) is 108 cm³/mol. The molecule has 2 N–H and O–H groups in total. The zero-order valence-corrected chi connectivity index (χ0v) is 17.7. The molecule has 0 saturated heterocycles. The number of aryl methyl sites for hydroxylation is 1. The van der Waals surface area contributed by atoms with Crippen LogP contribution in [-0.4, -0.2) is 18.0 Å². The topological polar surface area (TPSA) is 49.3 Å². The molecule has 0 unspecified atom stereocenters. The van der Waals surface area contributed by atoms with E-state index in [0.29, 0.717) is 13.1 Å². The Labute approximate surface area is 164 Å². The van der Waals surface area contributed by atoms with Crippen LogP contribution in [0.15, 0.2) is 33.9 Å². The highest BCUT2D eigenvalue weighted by Gasteiger charge is 2.04. The number of nitrogens with one attached hydrogen (secondary N) is 2. The maximum atomic E-state index is 6.19. The summed E-state index contributed by atoms with van der Waals surface area (Å²) in [6.45, 7) is 3.32. The summed E-state index contributed by atoms with van der Waals surface area (Å²) in [7, 11) is 1.74. The molecular formula is C14H17BrClIN4S. The van der Waals surface area contributed by atoms with Crippen molar-refractivity contribution in [1.29, 1.82) is 0 Å². The van der Waals surface area contributed by atoms with Gasteiger partial charge in [-0.05, 0) is 24.6 Å². The largest absolute Gasteiger partial charge is 0.352 e. The number of rotatable bonds is 4. The van der Waals surface area contributed by atoms with Crippen LogP contribution in [0.5, 0.6) is 0 Å². The molecular weight excluding hydrogens is 499 g/mol. The van der Waals surface area contributed by atoms with E-state index in [-0.39, 0.29) is 24.0 Å². The fraction of sp³-hybridized carbons (Fsp3) is 0.286.